The number of aromatic nitrogens is 1. The third-order valence-corrected chi connectivity index (χ3v) is 2.85. The molecule has 1 aromatic carbocycles. The van der Waals surface area contributed by atoms with Crippen molar-refractivity contribution in [3.05, 3.63) is 40.0 Å². The smallest absolute Gasteiger partial charge is 0.134 e. The first kappa shape index (κ1) is 13.0. The van der Waals surface area contributed by atoms with Gasteiger partial charge < -0.3 is 15.8 Å². The molecular weight excluding hydrogens is 318 g/mol. The summed E-state index contributed by atoms with van der Waals surface area (Å²) in [6.45, 7) is 0. The number of nitrogens with one attached hydrogen (secondary N) is 1. The molecular formula is C12H11BrClN3O. The van der Waals surface area contributed by atoms with E-state index in [0.29, 0.717) is 16.7 Å². The number of anilines is 3. The van der Waals surface area contributed by atoms with Crippen molar-refractivity contribution >= 4 is 44.7 Å². The molecule has 0 spiro atoms. The van der Waals surface area contributed by atoms with Gasteiger partial charge in [0, 0.05) is 28.0 Å². The number of benzene rings is 1. The largest absolute Gasteiger partial charge is 0.497 e. The van der Waals surface area contributed by atoms with E-state index in [1.54, 1.807) is 19.2 Å². The third-order valence-electron chi connectivity index (χ3n) is 2.20. The molecule has 94 valence electrons. The minimum Gasteiger partial charge on any atom is -0.497 e. The van der Waals surface area contributed by atoms with E-state index < -0.39 is 0 Å². The van der Waals surface area contributed by atoms with E-state index in [2.05, 4.69) is 26.2 Å². The molecule has 0 atom stereocenters. The number of nitrogen functional groups attached to an aromatic ring is 1. The second-order valence-electron chi connectivity index (χ2n) is 3.61. The molecule has 4 nitrogen and oxygen atoms in total. The number of methoxy groups -OCH3 is 1. The van der Waals surface area contributed by atoms with E-state index >= 15 is 0 Å². The zero-order valence-electron chi connectivity index (χ0n) is 9.58. The van der Waals surface area contributed by atoms with Crippen molar-refractivity contribution < 1.29 is 4.74 Å². The van der Waals surface area contributed by atoms with Gasteiger partial charge in [0.05, 0.1) is 7.11 Å². The van der Waals surface area contributed by atoms with Gasteiger partial charge >= 0.3 is 0 Å². The van der Waals surface area contributed by atoms with Crippen molar-refractivity contribution in [2.24, 2.45) is 0 Å². The first-order valence-corrected chi connectivity index (χ1v) is 6.28. The Hall–Kier alpha value is -1.46. The lowest BCUT2D eigenvalue weighted by atomic mass is 10.3. The molecule has 6 heteroatoms. The Morgan fingerprint density at radius 2 is 2.06 bits per heavy atom. The second kappa shape index (κ2) is 5.46. The fraction of sp³-hybridized carbons (Fsp3) is 0.0833. The molecule has 2 aromatic rings. The summed E-state index contributed by atoms with van der Waals surface area (Å²) in [5.41, 5.74) is 7.08. The number of halogens is 2. The first-order chi connectivity index (χ1) is 8.56. The highest BCUT2D eigenvalue weighted by Crippen LogP contribution is 2.27. The summed E-state index contributed by atoms with van der Waals surface area (Å²) in [6, 6.07) is 8.92. The Morgan fingerprint density at radius 1 is 1.28 bits per heavy atom. The zero-order valence-corrected chi connectivity index (χ0v) is 11.9. The highest BCUT2D eigenvalue weighted by Gasteiger charge is 2.03. The highest BCUT2D eigenvalue weighted by atomic mass is 79.9. The predicted molar refractivity (Wildman–Crippen MR) is 77.6 cm³/mol. The van der Waals surface area contributed by atoms with Gasteiger partial charge in [0.2, 0.25) is 0 Å². The first-order valence-electron chi connectivity index (χ1n) is 5.11. The summed E-state index contributed by atoms with van der Waals surface area (Å²) in [5.74, 6) is 1.32. The standard InChI is InChI=1S/C12H11BrClN3O/c1-18-10-3-7(13)2-9(6-10)16-12-5-8(15)4-11(14)17-12/h2-6H,1H3,(H3,15,16,17). The third kappa shape index (κ3) is 3.27. The Morgan fingerprint density at radius 3 is 2.72 bits per heavy atom. The molecule has 0 amide bonds. The molecule has 0 aliphatic heterocycles. The average molecular weight is 329 g/mol. The average Bonchev–Trinajstić information content (AvgIpc) is 2.26. The van der Waals surface area contributed by atoms with E-state index in [0.717, 1.165) is 15.9 Å². The van der Waals surface area contributed by atoms with Crippen molar-refractivity contribution in [3.63, 3.8) is 0 Å². The fourth-order valence-corrected chi connectivity index (χ4v) is 2.17. The number of nitrogens with zero attached hydrogens (tertiary/aromatic N) is 1. The highest BCUT2D eigenvalue weighted by molar-refractivity contribution is 9.10. The lowest BCUT2D eigenvalue weighted by Gasteiger charge is -2.09. The number of rotatable bonds is 3. The van der Waals surface area contributed by atoms with Crippen LogP contribution < -0.4 is 15.8 Å². The van der Waals surface area contributed by atoms with Gasteiger partial charge in [-0.2, -0.15) is 0 Å². The number of ether oxygens (including phenoxy) is 1. The summed E-state index contributed by atoms with van der Waals surface area (Å²) in [4.78, 5) is 4.13. The molecule has 0 aliphatic carbocycles. The van der Waals surface area contributed by atoms with Crippen LogP contribution in [-0.2, 0) is 0 Å². The molecule has 1 heterocycles. The summed E-state index contributed by atoms with van der Waals surface area (Å²) < 4.78 is 6.08. The van der Waals surface area contributed by atoms with Crippen LogP contribution in [0.1, 0.15) is 0 Å². The Labute approximate surface area is 118 Å². The molecule has 18 heavy (non-hydrogen) atoms. The molecule has 1 aromatic heterocycles. The number of hydrogen-bond donors (Lipinski definition) is 2. The van der Waals surface area contributed by atoms with Gasteiger partial charge in [0.25, 0.3) is 0 Å². The summed E-state index contributed by atoms with van der Waals surface area (Å²) in [7, 11) is 1.61. The van der Waals surface area contributed by atoms with Crippen LogP contribution >= 0.6 is 27.5 Å². The van der Waals surface area contributed by atoms with Crippen LogP contribution in [0, 0.1) is 0 Å². The van der Waals surface area contributed by atoms with Gasteiger partial charge in [-0.15, -0.1) is 0 Å². The fourth-order valence-electron chi connectivity index (χ4n) is 1.48. The van der Waals surface area contributed by atoms with Gasteiger partial charge in [-0.1, -0.05) is 27.5 Å². The van der Waals surface area contributed by atoms with Crippen LogP contribution in [0.2, 0.25) is 5.15 Å². The van der Waals surface area contributed by atoms with Crippen molar-refractivity contribution in [2.45, 2.75) is 0 Å². The quantitative estimate of drug-likeness (QED) is 0.841. The minimum atomic E-state index is 0.347. The molecule has 0 aliphatic rings. The van der Waals surface area contributed by atoms with E-state index in [4.69, 9.17) is 22.1 Å². The normalized spacial score (nSPS) is 10.2. The van der Waals surface area contributed by atoms with Gasteiger partial charge in [-0.3, -0.25) is 0 Å². The second-order valence-corrected chi connectivity index (χ2v) is 4.92. The summed E-state index contributed by atoms with van der Waals surface area (Å²) >= 11 is 9.25. The van der Waals surface area contributed by atoms with Crippen LogP contribution in [0.25, 0.3) is 0 Å². The molecule has 0 saturated heterocycles. The van der Waals surface area contributed by atoms with Crippen molar-refractivity contribution in [1.82, 2.24) is 4.98 Å². The molecule has 0 fully saturated rings. The number of nitrogens with two attached hydrogens (primary N) is 1. The van der Waals surface area contributed by atoms with E-state index in [1.165, 1.54) is 0 Å². The van der Waals surface area contributed by atoms with Gasteiger partial charge in [0.1, 0.15) is 16.7 Å². The lowest BCUT2D eigenvalue weighted by Crippen LogP contribution is -1.96. The van der Waals surface area contributed by atoms with Gasteiger partial charge in [0.15, 0.2) is 0 Å². The Balaban J connectivity index is 2.30. The molecule has 0 radical (unpaired) electrons. The topological polar surface area (TPSA) is 60.2 Å². The summed E-state index contributed by atoms with van der Waals surface area (Å²) in [5, 5.41) is 3.46. The zero-order chi connectivity index (χ0) is 13.1. The van der Waals surface area contributed by atoms with Crippen LogP contribution in [0.15, 0.2) is 34.8 Å². The van der Waals surface area contributed by atoms with E-state index in [9.17, 15) is 0 Å². The number of pyridine rings is 1. The molecule has 2 rings (SSSR count). The van der Waals surface area contributed by atoms with E-state index in [1.807, 2.05) is 18.2 Å². The molecule has 3 N–H and O–H groups in total. The monoisotopic (exact) mass is 327 g/mol. The SMILES string of the molecule is COc1cc(Br)cc(Nc2cc(N)cc(Cl)n2)c1. The van der Waals surface area contributed by atoms with Crippen molar-refractivity contribution in [3.8, 4) is 5.75 Å². The van der Waals surface area contributed by atoms with Gasteiger partial charge in [-0.25, -0.2) is 4.98 Å². The molecule has 0 saturated carbocycles. The minimum absolute atomic E-state index is 0.347. The summed E-state index contributed by atoms with van der Waals surface area (Å²) in [6.07, 6.45) is 0. The Kier molecular flexibility index (Phi) is 3.93. The maximum Gasteiger partial charge on any atom is 0.134 e. The maximum atomic E-state index is 5.84. The predicted octanol–water partition coefficient (Wildman–Crippen LogP) is 3.83. The van der Waals surface area contributed by atoms with Crippen LogP contribution in [-0.4, -0.2) is 12.1 Å². The van der Waals surface area contributed by atoms with Gasteiger partial charge in [-0.05, 0) is 18.2 Å². The van der Waals surface area contributed by atoms with Crippen LogP contribution in [0.3, 0.4) is 0 Å². The maximum absolute atomic E-state index is 5.84. The molecule has 0 unspecified atom stereocenters. The van der Waals surface area contributed by atoms with E-state index in [-0.39, 0.29) is 0 Å². The van der Waals surface area contributed by atoms with Crippen LogP contribution in [0.5, 0.6) is 5.75 Å². The molecule has 0 bridgehead atoms. The Bertz CT molecular complexity index is 557. The van der Waals surface area contributed by atoms with Crippen LogP contribution in [0.4, 0.5) is 17.2 Å². The van der Waals surface area contributed by atoms with Crippen molar-refractivity contribution in [1.29, 1.82) is 0 Å². The lowest BCUT2D eigenvalue weighted by molar-refractivity contribution is 0.415. The number of hydrogen-bond acceptors (Lipinski definition) is 4. The van der Waals surface area contributed by atoms with Crippen molar-refractivity contribution in [2.75, 3.05) is 18.2 Å².